The summed E-state index contributed by atoms with van der Waals surface area (Å²) in [5.74, 6) is 2.21. The lowest BCUT2D eigenvalue weighted by Gasteiger charge is -1.99. The number of rotatable bonds is 7. The number of carbonyl (C=O) groups is 1. The van der Waals surface area contributed by atoms with Crippen LogP contribution in [-0.2, 0) is 4.79 Å². The molecule has 2 heterocycles. The molecule has 0 unspecified atom stereocenters. The third-order valence-electron chi connectivity index (χ3n) is 3.17. The van der Waals surface area contributed by atoms with Gasteiger partial charge in [0, 0.05) is 18.2 Å². The first-order valence-electron chi connectivity index (χ1n) is 7.70. The van der Waals surface area contributed by atoms with E-state index in [1.54, 1.807) is 13.0 Å². The smallest absolute Gasteiger partial charge is 0.226 e. The van der Waals surface area contributed by atoms with Crippen LogP contribution in [0.3, 0.4) is 0 Å². The minimum atomic E-state index is -0.125. The number of H-pyrrole nitrogens is 1. The predicted molar refractivity (Wildman–Crippen MR) is 97.0 cm³/mol. The Morgan fingerprint density at radius 1 is 1.32 bits per heavy atom. The summed E-state index contributed by atoms with van der Waals surface area (Å²) in [6, 6.07) is 11.6. The van der Waals surface area contributed by atoms with Gasteiger partial charge in [0.1, 0.15) is 11.6 Å². The first kappa shape index (κ1) is 17.0. The molecule has 0 atom stereocenters. The molecule has 1 aromatic carbocycles. The lowest BCUT2D eigenvalue weighted by atomic mass is 10.2. The molecule has 0 fully saturated rings. The average Bonchev–Trinajstić information content (AvgIpc) is 3.23. The van der Waals surface area contributed by atoms with E-state index < -0.39 is 0 Å². The number of carbonyl (C=O) groups excluding carboxylic acids is 1. The van der Waals surface area contributed by atoms with Crippen LogP contribution in [-0.4, -0.2) is 32.0 Å². The molecule has 3 aromatic rings. The third kappa shape index (κ3) is 5.32. The Labute approximate surface area is 148 Å². The van der Waals surface area contributed by atoms with Gasteiger partial charge < -0.3 is 9.84 Å². The molecule has 0 saturated heterocycles. The Kier molecular flexibility index (Phi) is 5.63. The predicted octanol–water partition coefficient (Wildman–Crippen LogP) is 3.39. The number of anilines is 1. The number of thioether (sulfide) groups is 1. The average molecular weight is 355 g/mol. The molecule has 128 valence electrons. The standard InChI is InChI=1S/C17H17N5O2S/c1-12-11-15(22-24-12)18-16(23)9-10-25-17-19-14(20-21-17)8-7-13-5-3-2-4-6-13/h2-8,11H,9-10H2,1H3,(H,18,22,23)(H,19,20,21)/b8-7+. The first-order chi connectivity index (χ1) is 12.2. The fourth-order valence-electron chi connectivity index (χ4n) is 2.00. The van der Waals surface area contributed by atoms with Crippen molar-refractivity contribution in [3.05, 3.63) is 53.5 Å². The van der Waals surface area contributed by atoms with Gasteiger partial charge in [0.05, 0.1) is 0 Å². The SMILES string of the molecule is Cc1cc(NC(=O)CCSc2n[nH]c(/C=C/c3ccccc3)n2)no1. The van der Waals surface area contributed by atoms with Crippen molar-refractivity contribution in [1.82, 2.24) is 20.3 Å². The van der Waals surface area contributed by atoms with Crippen LogP contribution in [0.5, 0.6) is 0 Å². The number of hydrogen-bond donors (Lipinski definition) is 2. The van der Waals surface area contributed by atoms with Gasteiger partial charge in [-0.1, -0.05) is 53.3 Å². The maximum Gasteiger partial charge on any atom is 0.226 e. The van der Waals surface area contributed by atoms with Crippen molar-refractivity contribution in [2.45, 2.75) is 18.5 Å². The van der Waals surface area contributed by atoms with Gasteiger partial charge in [-0.2, -0.15) is 0 Å². The van der Waals surface area contributed by atoms with Gasteiger partial charge in [-0.05, 0) is 18.6 Å². The van der Waals surface area contributed by atoms with Crippen LogP contribution in [0.25, 0.3) is 12.2 Å². The van der Waals surface area contributed by atoms with Crippen LogP contribution >= 0.6 is 11.8 Å². The number of hydrogen-bond acceptors (Lipinski definition) is 6. The molecule has 2 N–H and O–H groups in total. The van der Waals surface area contributed by atoms with Crippen molar-refractivity contribution < 1.29 is 9.32 Å². The van der Waals surface area contributed by atoms with Crippen molar-refractivity contribution >= 4 is 35.6 Å². The van der Waals surface area contributed by atoms with Crippen molar-refractivity contribution in [1.29, 1.82) is 0 Å². The molecule has 0 bridgehead atoms. The zero-order valence-corrected chi connectivity index (χ0v) is 14.4. The van der Waals surface area contributed by atoms with Crippen molar-refractivity contribution in [2.75, 3.05) is 11.1 Å². The fraction of sp³-hybridized carbons (Fsp3) is 0.176. The van der Waals surface area contributed by atoms with Crippen LogP contribution < -0.4 is 5.32 Å². The summed E-state index contributed by atoms with van der Waals surface area (Å²) in [5, 5.41) is 14.0. The van der Waals surface area contributed by atoms with Gasteiger partial charge in [0.15, 0.2) is 5.82 Å². The number of benzene rings is 1. The number of amides is 1. The van der Waals surface area contributed by atoms with E-state index in [-0.39, 0.29) is 5.91 Å². The van der Waals surface area contributed by atoms with Gasteiger partial charge in [0.25, 0.3) is 0 Å². The first-order valence-corrected chi connectivity index (χ1v) is 8.69. The summed E-state index contributed by atoms with van der Waals surface area (Å²) in [6.07, 6.45) is 4.16. The summed E-state index contributed by atoms with van der Waals surface area (Å²) < 4.78 is 4.90. The molecule has 25 heavy (non-hydrogen) atoms. The zero-order valence-electron chi connectivity index (χ0n) is 13.6. The third-order valence-corrected chi connectivity index (χ3v) is 4.02. The van der Waals surface area contributed by atoms with Gasteiger partial charge >= 0.3 is 0 Å². The topological polar surface area (TPSA) is 96.7 Å². The Bertz CT molecular complexity index is 857. The molecule has 0 aliphatic carbocycles. The minimum Gasteiger partial charge on any atom is -0.360 e. The van der Waals surface area contributed by atoms with E-state index in [0.717, 1.165) is 5.56 Å². The van der Waals surface area contributed by atoms with Crippen LogP contribution in [0.15, 0.2) is 46.1 Å². The summed E-state index contributed by atoms with van der Waals surface area (Å²) in [6.45, 7) is 1.77. The molecule has 1 amide bonds. The Hall–Kier alpha value is -2.87. The lowest BCUT2D eigenvalue weighted by Crippen LogP contribution is -2.12. The Morgan fingerprint density at radius 2 is 2.16 bits per heavy atom. The number of nitrogens with zero attached hydrogens (tertiary/aromatic N) is 3. The van der Waals surface area contributed by atoms with Crippen molar-refractivity contribution in [3.63, 3.8) is 0 Å². The quantitative estimate of drug-likeness (QED) is 0.631. The highest BCUT2D eigenvalue weighted by Crippen LogP contribution is 2.15. The fourth-order valence-corrected chi connectivity index (χ4v) is 2.75. The molecule has 0 aliphatic heterocycles. The van der Waals surface area contributed by atoms with Crippen LogP contribution in [0.2, 0.25) is 0 Å². The second-order valence-electron chi connectivity index (χ2n) is 5.22. The number of aryl methyl sites for hydroxylation is 1. The maximum atomic E-state index is 11.8. The van der Waals surface area contributed by atoms with Crippen LogP contribution in [0.1, 0.15) is 23.6 Å². The van der Waals surface area contributed by atoms with Crippen molar-refractivity contribution in [3.8, 4) is 0 Å². The van der Waals surface area contributed by atoms with E-state index in [1.807, 2.05) is 42.5 Å². The van der Waals surface area contributed by atoms with Crippen molar-refractivity contribution in [2.24, 2.45) is 0 Å². The molecular weight excluding hydrogens is 338 g/mol. The summed E-state index contributed by atoms with van der Waals surface area (Å²) in [5.41, 5.74) is 1.09. The zero-order chi connectivity index (χ0) is 17.5. The molecule has 0 radical (unpaired) electrons. The van der Waals surface area contributed by atoms with E-state index in [1.165, 1.54) is 11.8 Å². The molecule has 3 rings (SSSR count). The van der Waals surface area contributed by atoms with Gasteiger partial charge in [-0.25, -0.2) is 4.98 Å². The monoisotopic (exact) mass is 355 g/mol. The van der Waals surface area contributed by atoms with Gasteiger partial charge in [0.2, 0.25) is 11.1 Å². The van der Waals surface area contributed by atoms with E-state index in [4.69, 9.17) is 4.52 Å². The number of aromatic nitrogens is 4. The van der Waals surface area contributed by atoms with E-state index in [0.29, 0.717) is 34.7 Å². The summed E-state index contributed by atoms with van der Waals surface area (Å²) >= 11 is 1.41. The Balaban J connectivity index is 1.44. The van der Waals surface area contributed by atoms with Crippen LogP contribution in [0.4, 0.5) is 5.82 Å². The molecular formula is C17H17N5O2S. The van der Waals surface area contributed by atoms with Gasteiger partial charge in [-0.3, -0.25) is 9.89 Å². The lowest BCUT2D eigenvalue weighted by molar-refractivity contribution is -0.115. The second-order valence-corrected chi connectivity index (χ2v) is 6.28. The highest BCUT2D eigenvalue weighted by atomic mass is 32.2. The van der Waals surface area contributed by atoms with Gasteiger partial charge in [-0.15, -0.1) is 5.10 Å². The second kappa shape index (κ2) is 8.29. The highest BCUT2D eigenvalue weighted by Gasteiger charge is 2.08. The molecule has 7 nitrogen and oxygen atoms in total. The molecule has 0 aliphatic rings. The summed E-state index contributed by atoms with van der Waals surface area (Å²) in [4.78, 5) is 16.2. The molecule has 8 heteroatoms. The Morgan fingerprint density at radius 3 is 2.92 bits per heavy atom. The number of aromatic amines is 1. The van der Waals surface area contributed by atoms with Crippen LogP contribution in [0, 0.1) is 6.92 Å². The summed E-state index contributed by atoms with van der Waals surface area (Å²) in [7, 11) is 0. The maximum absolute atomic E-state index is 11.8. The van der Waals surface area contributed by atoms with E-state index in [2.05, 4.69) is 25.7 Å². The molecule has 2 aromatic heterocycles. The number of nitrogens with one attached hydrogen (secondary N) is 2. The van der Waals surface area contributed by atoms with E-state index >= 15 is 0 Å². The normalized spacial score (nSPS) is 11.1. The molecule has 0 spiro atoms. The largest absolute Gasteiger partial charge is 0.360 e. The highest BCUT2D eigenvalue weighted by molar-refractivity contribution is 7.99. The minimum absolute atomic E-state index is 0.125. The molecule has 0 saturated carbocycles. The van der Waals surface area contributed by atoms with E-state index in [9.17, 15) is 4.79 Å².